The molecule has 1 aromatic rings. The van der Waals surface area contributed by atoms with Crippen molar-refractivity contribution in [3.63, 3.8) is 0 Å². The van der Waals surface area contributed by atoms with E-state index in [4.69, 9.17) is 4.74 Å². The molecular formula is C16H22FNO. The van der Waals surface area contributed by atoms with Gasteiger partial charge in [-0.05, 0) is 44.7 Å². The van der Waals surface area contributed by atoms with E-state index < -0.39 is 0 Å². The maximum atomic E-state index is 13.7. The van der Waals surface area contributed by atoms with Gasteiger partial charge in [0.05, 0.1) is 0 Å². The fraction of sp³-hybridized carbons (Fsp3) is 0.625. The number of benzene rings is 1. The van der Waals surface area contributed by atoms with Crippen molar-refractivity contribution in [2.75, 3.05) is 6.61 Å². The molecule has 2 nitrogen and oxygen atoms in total. The second-order valence-electron chi connectivity index (χ2n) is 6.02. The van der Waals surface area contributed by atoms with Crippen LogP contribution in [0.25, 0.3) is 0 Å². The Balaban J connectivity index is 1.80. The lowest BCUT2D eigenvalue weighted by Crippen LogP contribution is -2.54. The summed E-state index contributed by atoms with van der Waals surface area (Å²) < 4.78 is 19.4. The SMILES string of the molecule is CC(C)N(C1CCC1)[C@H]1COc2c(F)cccc2C1. The van der Waals surface area contributed by atoms with Gasteiger partial charge in [-0.1, -0.05) is 18.6 Å². The molecule has 0 radical (unpaired) electrons. The van der Waals surface area contributed by atoms with Crippen LogP contribution in [-0.4, -0.2) is 29.6 Å². The zero-order valence-corrected chi connectivity index (χ0v) is 11.7. The molecule has 3 heteroatoms. The van der Waals surface area contributed by atoms with Crippen LogP contribution in [0.15, 0.2) is 18.2 Å². The molecule has 19 heavy (non-hydrogen) atoms. The van der Waals surface area contributed by atoms with Crippen LogP contribution in [0.3, 0.4) is 0 Å². The standard InChI is InChI=1S/C16H22FNO/c1-11(2)18(13-6-4-7-13)14-9-12-5-3-8-15(17)16(12)19-10-14/h3,5,8,11,13-14H,4,6-7,9-10H2,1-2H3/t14-/m1/s1. The lowest BCUT2D eigenvalue weighted by molar-refractivity contribution is 0.0185. The van der Waals surface area contributed by atoms with Gasteiger partial charge in [0.25, 0.3) is 0 Å². The zero-order valence-electron chi connectivity index (χ0n) is 11.7. The minimum Gasteiger partial charge on any atom is -0.489 e. The smallest absolute Gasteiger partial charge is 0.165 e. The average molecular weight is 263 g/mol. The molecule has 104 valence electrons. The van der Waals surface area contributed by atoms with Gasteiger partial charge in [-0.25, -0.2) is 4.39 Å². The molecule has 0 saturated heterocycles. The minimum absolute atomic E-state index is 0.226. The fourth-order valence-corrected chi connectivity index (χ4v) is 3.39. The molecule has 0 aromatic heterocycles. The van der Waals surface area contributed by atoms with Crippen molar-refractivity contribution in [3.8, 4) is 5.75 Å². The molecule has 1 saturated carbocycles. The molecule has 0 unspecified atom stereocenters. The highest BCUT2D eigenvalue weighted by molar-refractivity contribution is 5.37. The number of fused-ring (bicyclic) bond motifs is 1. The summed E-state index contributed by atoms with van der Waals surface area (Å²) in [6, 6.07) is 6.86. The Kier molecular flexibility index (Phi) is 3.48. The third-order valence-electron chi connectivity index (χ3n) is 4.44. The maximum Gasteiger partial charge on any atom is 0.165 e. The number of rotatable bonds is 3. The summed E-state index contributed by atoms with van der Waals surface area (Å²) in [5.41, 5.74) is 1.02. The Bertz CT molecular complexity index is 456. The Morgan fingerprint density at radius 2 is 2.05 bits per heavy atom. The number of hydrogen-bond donors (Lipinski definition) is 0. The maximum absolute atomic E-state index is 13.7. The van der Waals surface area contributed by atoms with Gasteiger partial charge in [-0.3, -0.25) is 4.90 Å². The number of halogens is 1. The van der Waals surface area contributed by atoms with Gasteiger partial charge in [-0.15, -0.1) is 0 Å². The zero-order chi connectivity index (χ0) is 13.4. The van der Waals surface area contributed by atoms with Crippen molar-refractivity contribution >= 4 is 0 Å². The van der Waals surface area contributed by atoms with Crippen LogP contribution in [0.1, 0.15) is 38.7 Å². The van der Waals surface area contributed by atoms with Gasteiger partial charge in [-0.2, -0.15) is 0 Å². The molecular weight excluding hydrogens is 241 g/mol. The molecule has 1 aliphatic carbocycles. The first-order chi connectivity index (χ1) is 9.16. The molecule has 0 amide bonds. The van der Waals surface area contributed by atoms with Crippen molar-refractivity contribution in [1.29, 1.82) is 0 Å². The van der Waals surface area contributed by atoms with Gasteiger partial charge in [0, 0.05) is 18.1 Å². The number of ether oxygens (including phenoxy) is 1. The van der Waals surface area contributed by atoms with E-state index in [1.807, 2.05) is 6.07 Å². The van der Waals surface area contributed by atoms with E-state index in [2.05, 4.69) is 18.7 Å². The number of nitrogens with zero attached hydrogens (tertiary/aromatic N) is 1. The van der Waals surface area contributed by atoms with E-state index in [-0.39, 0.29) is 5.82 Å². The second-order valence-corrected chi connectivity index (χ2v) is 6.02. The van der Waals surface area contributed by atoms with Crippen LogP contribution in [0.2, 0.25) is 0 Å². The van der Waals surface area contributed by atoms with Crippen molar-refractivity contribution in [3.05, 3.63) is 29.6 Å². The Morgan fingerprint density at radius 3 is 2.68 bits per heavy atom. The van der Waals surface area contributed by atoms with Crippen molar-refractivity contribution in [1.82, 2.24) is 4.90 Å². The largest absolute Gasteiger partial charge is 0.489 e. The normalized spacial score (nSPS) is 23.1. The Hall–Kier alpha value is -1.09. The van der Waals surface area contributed by atoms with E-state index in [1.165, 1.54) is 25.3 Å². The van der Waals surface area contributed by atoms with E-state index in [0.717, 1.165) is 12.0 Å². The Morgan fingerprint density at radius 1 is 1.26 bits per heavy atom. The van der Waals surface area contributed by atoms with E-state index in [1.54, 1.807) is 6.07 Å². The minimum atomic E-state index is -0.226. The molecule has 1 atom stereocenters. The first kappa shape index (κ1) is 12.9. The van der Waals surface area contributed by atoms with E-state index >= 15 is 0 Å². The summed E-state index contributed by atoms with van der Waals surface area (Å²) in [6.07, 6.45) is 4.84. The van der Waals surface area contributed by atoms with Crippen molar-refractivity contribution in [2.24, 2.45) is 0 Å². The van der Waals surface area contributed by atoms with Crippen molar-refractivity contribution in [2.45, 2.75) is 57.7 Å². The van der Waals surface area contributed by atoms with E-state index in [9.17, 15) is 4.39 Å². The molecule has 3 rings (SSSR count). The molecule has 1 fully saturated rings. The quantitative estimate of drug-likeness (QED) is 0.829. The summed E-state index contributed by atoms with van der Waals surface area (Å²) in [4.78, 5) is 2.58. The predicted molar refractivity (Wildman–Crippen MR) is 74.0 cm³/mol. The highest BCUT2D eigenvalue weighted by atomic mass is 19.1. The summed E-state index contributed by atoms with van der Waals surface area (Å²) in [6.45, 7) is 5.11. The average Bonchev–Trinajstić information content (AvgIpc) is 2.33. The van der Waals surface area contributed by atoms with Gasteiger partial charge in [0.2, 0.25) is 0 Å². The van der Waals surface area contributed by atoms with Crippen LogP contribution in [0, 0.1) is 5.82 Å². The molecule has 0 N–H and O–H groups in total. The van der Waals surface area contributed by atoms with Gasteiger partial charge >= 0.3 is 0 Å². The molecule has 0 spiro atoms. The van der Waals surface area contributed by atoms with Gasteiger partial charge < -0.3 is 4.74 Å². The summed E-state index contributed by atoms with van der Waals surface area (Å²) >= 11 is 0. The molecule has 2 aliphatic rings. The lowest BCUT2D eigenvalue weighted by atomic mass is 9.87. The molecule has 1 heterocycles. The van der Waals surface area contributed by atoms with Gasteiger partial charge in [0.15, 0.2) is 11.6 Å². The topological polar surface area (TPSA) is 12.5 Å². The fourth-order valence-electron chi connectivity index (χ4n) is 3.39. The van der Waals surface area contributed by atoms with Crippen LogP contribution in [0.5, 0.6) is 5.75 Å². The lowest BCUT2D eigenvalue weighted by Gasteiger charge is -2.46. The summed E-state index contributed by atoms with van der Waals surface area (Å²) in [5.74, 6) is 0.242. The molecule has 1 aromatic carbocycles. The third-order valence-corrected chi connectivity index (χ3v) is 4.44. The first-order valence-corrected chi connectivity index (χ1v) is 7.34. The van der Waals surface area contributed by atoms with Crippen LogP contribution < -0.4 is 4.74 Å². The Labute approximate surface area is 114 Å². The number of para-hydroxylation sites is 1. The monoisotopic (exact) mass is 263 g/mol. The highest BCUT2D eigenvalue weighted by Crippen LogP contribution is 2.34. The van der Waals surface area contributed by atoms with Gasteiger partial charge in [0.1, 0.15) is 6.61 Å². The van der Waals surface area contributed by atoms with Crippen LogP contribution in [0.4, 0.5) is 4.39 Å². The van der Waals surface area contributed by atoms with Crippen molar-refractivity contribution < 1.29 is 9.13 Å². The summed E-state index contributed by atoms with van der Waals surface area (Å²) in [5, 5.41) is 0. The van der Waals surface area contributed by atoms with Crippen LogP contribution >= 0.6 is 0 Å². The van der Waals surface area contributed by atoms with Crippen LogP contribution in [-0.2, 0) is 6.42 Å². The summed E-state index contributed by atoms with van der Waals surface area (Å²) in [7, 11) is 0. The second kappa shape index (κ2) is 5.12. The highest BCUT2D eigenvalue weighted by Gasteiger charge is 2.35. The third kappa shape index (κ3) is 2.36. The number of hydrogen-bond acceptors (Lipinski definition) is 2. The molecule has 0 bridgehead atoms. The predicted octanol–water partition coefficient (Wildman–Crippen LogP) is 3.39. The van der Waals surface area contributed by atoms with E-state index in [0.29, 0.717) is 30.5 Å². The first-order valence-electron chi connectivity index (χ1n) is 7.34. The molecule has 1 aliphatic heterocycles.